The Kier molecular flexibility index (Phi) is 4.03. The van der Waals surface area contributed by atoms with Crippen molar-refractivity contribution in [1.29, 1.82) is 0 Å². The van der Waals surface area contributed by atoms with Crippen molar-refractivity contribution in [2.75, 3.05) is 0 Å². The van der Waals surface area contributed by atoms with Crippen molar-refractivity contribution in [3.05, 3.63) is 70.7 Å². The molecule has 0 fully saturated rings. The molecule has 128 valence electrons. The van der Waals surface area contributed by atoms with E-state index in [0.717, 1.165) is 10.6 Å². The van der Waals surface area contributed by atoms with E-state index in [4.69, 9.17) is 5.73 Å². The third-order valence-electron chi connectivity index (χ3n) is 3.62. The largest absolute Gasteiger partial charge is 0.351 e. The quantitative estimate of drug-likeness (QED) is 0.414. The number of carbonyl (C=O) groups is 1. The Bertz CT molecular complexity index is 1010. The molecule has 1 heterocycles. The topological polar surface area (TPSA) is 48.0 Å². The summed E-state index contributed by atoms with van der Waals surface area (Å²) in [7, 11) is 0. The van der Waals surface area contributed by atoms with E-state index < -0.39 is 40.7 Å². The van der Waals surface area contributed by atoms with Crippen molar-refractivity contribution in [3.8, 4) is 0 Å². The third kappa shape index (κ3) is 2.65. The van der Waals surface area contributed by atoms with E-state index in [0.29, 0.717) is 17.0 Å². The van der Waals surface area contributed by atoms with Gasteiger partial charge in [-0.3, -0.25) is 4.57 Å². The molecule has 1 aromatic heterocycles. The molecule has 3 nitrogen and oxygen atoms in total. The van der Waals surface area contributed by atoms with Crippen LogP contribution in [0.1, 0.15) is 11.3 Å². The number of aromatic nitrogens is 1. The highest BCUT2D eigenvalue weighted by atomic mass is 19.2. The van der Waals surface area contributed by atoms with E-state index in [-0.39, 0.29) is 5.69 Å². The summed E-state index contributed by atoms with van der Waals surface area (Å²) in [6, 6.07) is 7.24. The summed E-state index contributed by atoms with van der Waals surface area (Å²) in [5.74, 6) is -10.3. The highest BCUT2D eigenvalue weighted by Crippen LogP contribution is 2.26. The molecule has 0 aliphatic carbocycles. The predicted octanol–water partition coefficient (Wildman–Crippen LogP) is 4.43. The van der Waals surface area contributed by atoms with Crippen molar-refractivity contribution >= 4 is 29.1 Å². The van der Waals surface area contributed by atoms with Crippen LogP contribution in [0.15, 0.2) is 30.3 Å². The number of hydrogen-bond donors (Lipinski definition) is 1. The lowest BCUT2D eigenvalue weighted by Gasteiger charge is -2.05. The molecule has 0 bridgehead atoms. The van der Waals surface area contributed by atoms with Crippen LogP contribution in [-0.2, 0) is 0 Å². The molecule has 1 amide bonds. The summed E-state index contributed by atoms with van der Waals surface area (Å²) in [4.78, 5) is 11.6. The third-order valence-corrected chi connectivity index (χ3v) is 3.62. The fourth-order valence-electron chi connectivity index (χ4n) is 2.48. The summed E-state index contributed by atoms with van der Waals surface area (Å²) in [5, 5.41) is 0.610. The van der Waals surface area contributed by atoms with E-state index >= 15 is 0 Å². The number of nitrogens with zero attached hydrogens (tertiary/aromatic N) is 1. The van der Waals surface area contributed by atoms with E-state index in [1.165, 1.54) is 6.07 Å². The van der Waals surface area contributed by atoms with Gasteiger partial charge in [0.2, 0.25) is 5.82 Å². The summed E-state index contributed by atoms with van der Waals surface area (Å²) >= 11 is 0. The number of amides is 1. The zero-order valence-corrected chi connectivity index (χ0v) is 12.4. The van der Waals surface area contributed by atoms with Gasteiger partial charge in [-0.2, -0.15) is 0 Å². The van der Waals surface area contributed by atoms with Crippen LogP contribution in [0.25, 0.3) is 23.1 Å². The molecule has 0 radical (unpaired) electrons. The molecule has 2 aromatic carbocycles. The number of fused-ring (bicyclic) bond motifs is 1. The van der Waals surface area contributed by atoms with Gasteiger partial charge in [-0.05, 0) is 24.3 Å². The first-order valence-corrected chi connectivity index (χ1v) is 6.92. The van der Waals surface area contributed by atoms with Crippen molar-refractivity contribution in [3.63, 3.8) is 0 Å². The number of benzene rings is 2. The van der Waals surface area contributed by atoms with Crippen molar-refractivity contribution in [2.45, 2.75) is 0 Å². The Morgan fingerprint density at radius 1 is 0.880 bits per heavy atom. The van der Waals surface area contributed by atoms with Crippen LogP contribution in [0.5, 0.6) is 0 Å². The standard InChI is InChI=1S/C17H9F5N2O/c18-12-10(13(19)15(21)16(22)14(12)20)6-5-9-7-8-3-1-2-4-11(8)24(9)17(23)25/h1-7H,(H2,23,25)/b6-5+. The Labute approximate surface area is 137 Å². The molecule has 0 saturated carbocycles. The highest BCUT2D eigenvalue weighted by molar-refractivity contribution is 5.95. The number of primary amides is 1. The number of nitrogens with two attached hydrogens (primary N) is 1. The van der Waals surface area contributed by atoms with Gasteiger partial charge in [-0.25, -0.2) is 26.7 Å². The van der Waals surface area contributed by atoms with Crippen molar-refractivity contribution in [2.24, 2.45) is 5.73 Å². The molecule has 2 N–H and O–H groups in total. The highest BCUT2D eigenvalue weighted by Gasteiger charge is 2.24. The molecular weight excluding hydrogens is 343 g/mol. The predicted molar refractivity (Wildman–Crippen MR) is 82.1 cm³/mol. The van der Waals surface area contributed by atoms with Gasteiger partial charge in [0.25, 0.3) is 0 Å². The lowest BCUT2D eigenvalue weighted by Crippen LogP contribution is -2.20. The zero-order chi connectivity index (χ0) is 18.3. The fourth-order valence-corrected chi connectivity index (χ4v) is 2.48. The van der Waals surface area contributed by atoms with Gasteiger partial charge in [0.15, 0.2) is 23.3 Å². The molecule has 0 unspecified atom stereocenters. The first-order chi connectivity index (χ1) is 11.8. The number of halogens is 5. The Hall–Kier alpha value is -3.16. The van der Waals surface area contributed by atoms with Crippen LogP contribution < -0.4 is 5.73 Å². The minimum Gasteiger partial charge on any atom is -0.351 e. The van der Waals surface area contributed by atoms with Gasteiger partial charge >= 0.3 is 6.03 Å². The number of carbonyl (C=O) groups excluding carboxylic acids is 1. The minimum absolute atomic E-state index is 0.123. The van der Waals surface area contributed by atoms with Crippen LogP contribution >= 0.6 is 0 Å². The lowest BCUT2D eigenvalue weighted by molar-refractivity contribution is 0.251. The molecular formula is C17H9F5N2O. The molecule has 0 aliphatic rings. The molecule has 0 atom stereocenters. The zero-order valence-electron chi connectivity index (χ0n) is 12.4. The minimum atomic E-state index is -2.24. The van der Waals surface area contributed by atoms with Crippen LogP contribution in [0.3, 0.4) is 0 Å². The average Bonchev–Trinajstić information content (AvgIpc) is 2.96. The van der Waals surface area contributed by atoms with E-state index in [1.54, 1.807) is 24.3 Å². The summed E-state index contributed by atoms with van der Waals surface area (Å²) in [5.41, 5.74) is 4.74. The molecule has 8 heteroatoms. The monoisotopic (exact) mass is 352 g/mol. The van der Waals surface area contributed by atoms with E-state index in [9.17, 15) is 26.7 Å². The normalized spacial score (nSPS) is 11.6. The molecule has 0 saturated heterocycles. The Balaban J connectivity index is 2.18. The van der Waals surface area contributed by atoms with Gasteiger partial charge in [-0.1, -0.05) is 18.2 Å². The Morgan fingerprint density at radius 2 is 1.44 bits per heavy atom. The van der Waals surface area contributed by atoms with Crippen molar-refractivity contribution in [1.82, 2.24) is 4.57 Å². The molecule has 3 aromatic rings. The van der Waals surface area contributed by atoms with E-state index in [1.807, 2.05) is 0 Å². The number of para-hydroxylation sites is 1. The second kappa shape index (κ2) is 6.04. The maximum absolute atomic E-state index is 13.7. The summed E-state index contributed by atoms with van der Waals surface area (Å²) in [6.07, 6.45) is 1.74. The second-order valence-electron chi connectivity index (χ2n) is 5.12. The van der Waals surface area contributed by atoms with Gasteiger partial charge in [0.05, 0.1) is 16.8 Å². The van der Waals surface area contributed by atoms with Gasteiger partial charge in [0, 0.05) is 5.39 Å². The molecule has 3 rings (SSSR count). The van der Waals surface area contributed by atoms with Gasteiger partial charge < -0.3 is 5.73 Å². The lowest BCUT2D eigenvalue weighted by atomic mass is 10.1. The fraction of sp³-hybridized carbons (Fsp3) is 0. The van der Waals surface area contributed by atoms with Crippen molar-refractivity contribution < 1.29 is 26.7 Å². The number of rotatable bonds is 2. The first kappa shape index (κ1) is 16.7. The Morgan fingerprint density at radius 3 is 2.04 bits per heavy atom. The van der Waals surface area contributed by atoms with Gasteiger partial charge in [0.1, 0.15) is 0 Å². The van der Waals surface area contributed by atoms with Crippen LogP contribution in [0.2, 0.25) is 0 Å². The average molecular weight is 352 g/mol. The van der Waals surface area contributed by atoms with E-state index in [2.05, 4.69) is 0 Å². The maximum atomic E-state index is 13.7. The number of hydrogen-bond acceptors (Lipinski definition) is 1. The first-order valence-electron chi connectivity index (χ1n) is 6.92. The van der Waals surface area contributed by atoms with Crippen LogP contribution in [0.4, 0.5) is 26.7 Å². The molecule has 25 heavy (non-hydrogen) atoms. The summed E-state index contributed by atoms with van der Waals surface area (Å²) in [6.45, 7) is 0. The summed E-state index contributed by atoms with van der Waals surface area (Å²) < 4.78 is 68.0. The van der Waals surface area contributed by atoms with Crippen LogP contribution in [-0.4, -0.2) is 10.6 Å². The van der Waals surface area contributed by atoms with Crippen LogP contribution in [0, 0.1) is 29.1 Å². The molecule has 0 spiro atoms. The maximum Gasteiger partial charge on any atom is 0.323 e. The molecule has 0 aliphatic heterocycles. The smallest absolute Gasteiger partial charge is 0.323 e. The second-order valence-corrected chi connectivity index (χ2v) is 5.12. The van der Waals surface area contributed by atoms with Gasteiger partial charge in [-0.15, -0.1) is 0 Å². The SMILES string of the molecule is NC(=O)n1c(/C=C/c2c(F)c(F)c(F)c(F)c2F)cc2ccccc21.